The van der Waals surface area contributed by atoms with Crippen molar-refractivity contribution < 1.29 is 28.0 Å². The second-order valence-corrected chi connectivity index (χ2v) is 19.9. The van der Waals surface area contributed by atoms with E-state index in [1.54, 1.807) is 0 Å². The van der Waals surface area contributed by atoms with Crippen LogP contribution in [0.15, 0.2) is 0 Å². The second kappa shape index (κ2) is 97.5. The van der Waals surface area contributed by atoms with Crippen molar-refractivity contribution in [1.29, 1.82) is 0 Å². The number of rotatable bonds is 9. The van der Waals surface area contributed by atoms with Crippen LogP contribution in [0.5, 0.6) is 0 Å². The molecule has 11 N–H and O–H groups in total. The van der Waals surface area contributed by atoms with Crippen LogP contribution < -0.4 is 41.1 Å². The van der Waals surface area contributed by atoms with E-state index in [1.165, 1.54) is 25.8 Å². The van der Waals surface area contributed by atoms with E-state index in [2.05, 4.69) is 113 Å². The fourth-order valence-corrected chi connectivity index (χ4v) is 0.858. The monoisotopic (exact) mass is 1090 g/mol. The molecule has 28 heavy (non-hydrogen) atoms. The first-order valence-electron chi connectivity index (χ1n) is 7.93. The Morgan fingerprint density at radius 3 is 1.43 bits per heavy atom. The molecule has 0 heterocycles. The maximum atomic E-state index is 8.03. The van der Waals surface area contributed by atoms with Crippen molar-refractivity contribution in [3.63, 3.8) is 0 Å². The fourth-order valence-electron chi connectivity index (χ4n) is 0.858. The Morgan fingerprint density at radius 2 is 1.25 bits per heavy atom. The molecule has 0 aliphatic carbocycles. The number of aliphatic hydroxyl groups excluding tert-OH is 1. The Bertz CT molecular complexity index is 153. The molecule has 0 fully saturated rings. The van der Waals surface area contributed by atoms with Gasteiger partial charge in [0, 0.05) is 63.4 Å². The summed E-state index contributed by atoms with van der Waals surface area (Å²) in [5.74, 6) is 0. The van der Waals surface area contributed by atoms with Crippen molar-refractivity contribution in [3.05, 3.63) is 0 Å². The summed E-state index contributed by atoms with van der Waals surface area (Å²) in [6, 6.07) is 0. The summed E-state index contributed by atoms with van der Waals surface area (Å²) in [7, 11) is 0. The molecular formula is C14H42I6N5O3+. The van der Waals surface area contributed by atoms with Crippen LogP contribution in [0, 0.1) is 0 Å². The summed E-state index contributed by atoms with van der Waals surface area (Å²) >= 11 is 9.54. The summed E-state index contributed by atoms with van der Waals surface area (Å²) in [4.78, 5) is 13.5. The number of halogens is 6. The predicted octanol–water partition coefficient (Wildman–Crippen LogP) is -0.0790. The van der Waals surface area contributed by atoms with E-state index in [9.17, 15) is 0 Å². The van der Waals surface area contributed by atoms with Crippen LogP contribution >= 0.6 is 98.4 Å². The van der Waals surface area contributed by atoms with Crippen LogP contribution in [0.3, 0.4) is 0 Å². The van der Waals surface area contributed by atoms with E-state index in [0.717, 1.165) is 6.54 Å². The number of unbranched alkanes of at least 4 members (excludes halogenated alkanes) is 2. The van der Waals surface area contributed by atoms with Gasteiger partial charge in [-0.05, 0) is 19.5 Å². The smallest absolute Gasteiger partial charge is 0.0931 e. The van der Waals surface area contributed by atoms with Crippen LogP contribution in [-0.2, 0) is 0 Å². The molecule has 0 aliphatic rings. The van der Waals surface area contributed by atoms with Gasteiger partial charge in [0.25, 0.3) is 13.6 Å². The average Bonchev–Trinajstić information content (AvgIpc) is 2.75. The van der Waals surface area contributed by atoms with Gasteiger partial charge in [-0.25, -0.2) is 0 Å². The molecule has 0 aromatic rings. The zero-order valence-electron chi connectivity index (χ0n) is 16.9. The van der Waals surface area contributed by atoms with Gasteiger partial charge in [0.15, 0.2) is 0 Å². The van der Waals surface area contributed by atoms with Crippen LogP contribution in [0.2, 0.25) is 0 Å². The van der Waals surface area contributed by atoms with Gasteiger partial charge in [-0.15, -0.1) is 24.0 Å². The Hall–Kier alpha value is 3.48. The molecular weight excluding hydrogens is 1050 g/mol. The molecule has 0 spiro atoms. The number of hydrogen-bond donors (Lipinski definition) is 6. The number of nitrogens with two attached hydrogens (primary N) is 3. The molecule has 0 atom stereocenters. The molecule has 0 saturated heterocycles. The summed E-state index contributed by atoms with van der Waals surface area (Å²) in [6.45, 7) is 13.7. The van der Waals surface area contributed by atoms with Gasteiger partial charge < -0.3 is 27.6 Å². The molecule has 0 rings (SSSR count). The third-order valence-corrected chi connectivity index (χ3v) is 1.81. The van der Waals surface area contributed by atoms with E-state index in [0.29, 0.717) is 39.4 Å². The number of nitrogens with one attached hydrogen (secondary N) is 2. The third kappa shape index (κ3) is 154. The SMILES string of the molecule is C=[OH+].C=[OH+].CCCCCNCC.I.II.I[I-]I.NCCN.NCCNCO. The molecule has 0 aromatic heterocycles. The van der Waals surface area contributed by atoms with Crippen molar-refractivity contribution in [1.82, 2.24) is 10.6 Å². The largest absolute Gasteiger partial charge is 0.381 e. The second-order valence-electron chi connectivity index (χ2n) is 3.64. The molecule has 0 radical (unpaired) electrons. The van der Waals surface area contributed by atoms with Crippen LogP contribution in [0.4, 0.5) is 0 Å². The summed E-state index contributed by atoms with van der Waals surface area (Å²) in [5.41, 5.74) is 14.8. The number of aliphatic hydroxyl groups is 1. The van der Waals surface area contributed by atoms with Gasteiger partial charge in [0.2, 0.25) is 0 Å². The first-order chi connectivity index (χ1) is 13.2. The Morgan fingerprint density at radius 1 is 0.857 bits per heavy atom. The van der Waals surface area contributed by atoms with Crippen molar-refractivity contribution >= 4 is 112 Å². The zero-order valence-corrected chi connectivity index (χ0v) is 30.0. The standard InChI is InChI=1S/C7H17N.C3H10N2O.C2H8N2.2CH2O.I3.I2.HI/c1-3-5-6-7-8-4-2;4-1-2-5-3-6;3-1-2-4;2*1-2;1-3-2;1-2;/h8H,3-7H2,1-2H3;5-6H,1-4H2;1-4H2;2*1H2;;;1H/q;;;;;-1;;/p+2. The van der Waals surface area contributed by atoms with E-state index < -0.39 is 0 Å². The van der Waals surface area contributed by atoms with Crippen LogP contribution in [0.1, 0.15) is 33.1 Å². The molecule has 0 saturated carbocycles. The Balaban J connectivity index is -0.0000000299. The van der Waals surface area contributed by atoms with Gasteiger partial charge in [-0.3, -0.25) is 14.9 Å². The minimum atomic E-state index is 0. The molecule has 8 nitrogen and oxygen atoms in total. The molecule has 0 unspecified atom stereocenters. The molecule has 0 aliphatic heterocycles. The molecule has 14 heteroatoms. The fraction of sp³-hybridized carbons (Fsp3) is 0.857. The minimum absolute atomic E-state index is 0. The molecule has 0 bridgehead atoms. The van der Waals surface area contributed by atoms with Gasteiger partial charge in [0.05, 0.1) is 6.73 Å². The van der Waals surface area contributed by atoms with E-state index in [-0.39, 0.29) is 30.7 Å². The first kappa shape index (κ1) is 53.0. The molecule has 0 aromatic carbocycles. The Labute approximate surface area is 242 Å². The van der Waals surface area contributed by atoms with E-state index >= 15 is 0 Å². The van der Waals surface area contributed by atoms with Gasteiger partial charge in [0.1, 0.15) is 0 Å². The van der Waals surface area contributed by atoms with Crippen molar-refractivity contribution in [2.75, 3.05) is 46.0 Å². The van der Waals surface area contributed by atoms with E-state index in [1.807, 2.05) is 0 Å². The third-order valence-electron chi connectivity index (χ3n) is 1.81. The minimum Gasteiger partial charge on any atom is -0.381 e. The number of carbonyl (C=O) groups excluding carboxylic acids is 2. The first-order valence-corrected chi connectivity index (χ1v) is 26.8. The van der Waals surface area contributed by atoms with Gasteiger partial charge in [-0.1, -0.05) is 26.7 Å². The Kier molecular flexibility index (Phi) is 185. The van der Waals surface area contributed by atoms with Crippen LogP contribution in [0.25, 0.3) is 0 Å². The molecule has 0 amide bonds. The van der Waals surface area contributed by atoms with Crippen molar-refractivity contribution in [2.24, 2.45) is 17.2 Å². The van der Waals surface area contributed by atoms with Crippen LogP contribution in [-0.4, -0.2) is 74.3 Å². The van der Waals surface area contributed by atoms with Crippen molar-refractivity contribution in [2.45, 2.75) is 33.1 Å². The quantitative estimate of drug-likeness (QED) is 0.0820. The summed E-state index contributed by atoms with van der Waals surface area (Å²) < 4.78 is 0. The van der Waals surface area contributed by atoms with Gasteiger partial charge >= 0.3 is 50.5 Å². The van der Waals surface area contributed by atoms with Gasteiger partial charge in [-0.2, -0.15) is 0 Å². The summed E-state index contributed by atoms with van der Waals surface area (Å²) in [6.07, 6.45) is 4.03. The zero-order chi connectivity index (χ0) is 23.2. The average molecular weight is 1090 g/mol. The van der Waals surface area contributed by atoms with E-state index in [4.69, 9.17) is 31.9 Å². The number of hydrogen-bond acceptors (Lipinski definition) is 6. The topological polar surface area (TPSA) is 165 Å². The normalized spacial score (nSPS) is 7.07. The van der Waals surface area contributed by atoms with Crippen molar-refractivity contribution in [3.8, 4) is 0 Å². The maximum absolute atomic E-state index is 8.03. The maximum Gasteiger partial charge on any atom is 0.0931 e. The predicted molar refractivity (Wildman–Crippen MR) is 170 cm³/mol. The summed E-state index contributed by atoms with van der Waals surface area (Å²) in [5, 5.41) is 13.9. The molecule has 182 valence electrons.